The number of benzene rings is 4. The third kappa shape index (κ3) is 3.60. The maximum atomic E-state index is 14.2. The molecule has 0 atom stereocenters. The molecule has 0 saturated heterocycles. The molecule has 0 aliphatic carbocycles. The molecule has 6 heteroatoms. The fourth-order valence-corrected chi connectivity index (χ4v) is 4.84. The zero-order valence-electron chi connectivity index (χ0n) is 19.6. The Bertz CT molecular complexity index is 1660. The number of methoxy groups -OCH3 is 1. The first-order valence-corrected chi connectivity index (χ1v) is 11.7. The first-order valence-electron chi connectivity index (χ1n) is 11.7. The maximum absolute atomic E-state index is 14.2. The number of rotatable bonds is 4. The number of carbonyl (C=O) groups excluding carboxylic acids is 1. The van der Waals surface area contributed by atoms with Crippen LogP contribution in [0.4, 0.5) is 10.5 Å². The maximum Gasteiger partial charge on any atom is 0.319 e. The number of aromatic nitrogens is 1. The highest BCUT2D eigenvalue weighted by Gasteiger charge is 2.23. The van der Waals surface area contributed by atoms with Crippen molar-refractivity contribution in [3.05, 3.63) is 113 Å². The Balaban J connectivity index is 1.80. The molecule has 2 N–H and O–H groups in total. The van der Waals surface area contributed by atoms with Gasteiger partial charge in [-0.1, -0.05) is 60.7 Å². The number of nitrogens with zero attached hydrogens (tertiary/aromatic N) is 1. The summed E-state index contributed by atoms with van der Waals surface area (Å²) in [5.41, 5.74) is 5.78. The predicted octanol–water partition coefficient (Wildman–Crippen LogP) is 5.97. The van der Waals surface area contributed by atoms with Crippen LogP contribution < -0.4 is 20.9 Å². The second-order valence-electron chi connectivity index (χ2n) is 8.66. The number of nitrogens with one attached hydrogen (secondary N) is 2. The first kappa shape index (κ1) is 21.7. The molecule has 2 amide bonds. The molecule has 0 bridgehead atoms. The third-order valence-corrected chi connectivity index (χ3v) is 6.53. The van der Waals surface area contributed by atoms with Crippen molar-refractivity contribution in [1.29, 1.82) is 0 Å². The van der Waals surface area contributed by atoms with Gasteiger partial charge in [-0.05, 0) is 58.5 Å². The minimum Gasteiger partial charge on any atom is -0.497 e. The van der Waals surface area contributed by atoms with Crippen molar-refractivity contribution in [2.45, 2.75) is 6.54 Å². The van der Waals surface area contributed by atoms with Gasteiger partial charge in [0.25, 0.3) is 5.56 Å². The highest BCUT2D eigenvalue weighted by Crippen LogP contribution is 2.40. The van der Waals surface area contributed by atoms with E-state index in [1.807, 2.05) is 97.1 Å². The van der Waals surface area contributed by atoms with Gasteiger partial charge in [-0.15, -0.1) is 0 Å². The molecular weight excluding hydrogens is 450 g/mol. The summed E-state index contributed by atoms with van der Waals surface area (Å²) in [7, 11) is 1.62. The zero-order valence-corrected chi connectivity index (χ0v) is 19.6. The zero-order chi connectivity index (χ0) is 24.6. The molecule has 0 unspecified atom stereocenters. The molecule has 2 heterocycles. The lowest BCUT2D eigenvalue weighted by Crippen LogP contribution is -2.33. The smallest absolute Gasteiger partial charge is 0.319 e. The molecule has 0 spiro atoms. The number of hydrogen-bond acceptors (Lipinski definition) is 3. The predicted molar refractivity (Wildman–Crippen MR) is 143 cm³/mol. The molecule has 0 radical (unpaired) electrons. The quantitative estimate of drug-likeness (QED) is 0.338. The summed E-state index contributed by atoms with van der Waals surface area (Å²) in [4.78, 5) is 26.3. The monoisotopic (exact) mass is 473 g/mol. The Morgan fingerprint density at radius 1 is 0.778 bits per heavy atom. The summed E-state index contributed by atoms with van der Waals surface area (Å²) in [6, 6.07) is 31.0. The van der Waals surface area contributed by atoms with Crippen molar-refractivity contribution in [2.75, 3.05) is 12.4 Å². The summed E-state index contributed by atoms with van der Waals surface area (Å²) < 4.78 is 7.13. The Morgan fingerprint density at radius 3 is 2.11 bits per heavy atom. The largest absolute Gasteiger partial charge is 0.497 e. The standard InChI is InChI=1S/C30H23N3O3/c1-36-23-14-12-22(13-15-23)33-28(20-10-6-3-7-11-20)27(19-8-4-2-5-9-19)24-17-26-21(16-25(24)29(33)34)18-31-30(35)32-26/h2-17H,18H2,1H3,(H2,31,32,35). The van der Waals surface area contributed by atoms with Crippen LogP contribution in [0.25, 0.3) is 38.8 Å². The van der Waals surface area contributed by atoms with Crippen LogP contribution in [0.2, 0.25) is 0 Å². The summed E-state index contributed by atoms with van der Waals surface area (Å²) in [5, 5.41) is 7.06. The van der Waals surface area contributed by atoms with Crippen molar-refractivity contribution in [3.8, 4) is 33.8 Å². The van der Waals surface area contributed by atoms with Crippen LogP contribution >= 0.6 is 0 Å². The van der Waals surface area contributed by atoms with Crippen molar-refractivity contribution < 1.29 is 9.53 Å². The molecule has 1 aliphatic heterocycles. The van der Waals surface area contributed by atoms with E-state index in [0.29, 0.717) is 23.4 Å². The van der Waals surface area contributed by atoms with E-state index in [1.54, 1.807) is 11.7 Å². The molecule has 6 nitrogen and oxygen atoms in total. The van der Waals surface area contributed by atoms with Crippen molar-refractivity contribution >= 4 is 22.5 Å². The molecule has 36 heavy (non-hydrogen) atoms. The van der Waals surface area contributed by atoms with Crippen LogP contribution in [0.5, 0.6) is 5.75 Å². The van der Waals surface area contributed by atoms with E-state index in [-0.39, 0.29) is 11.6 Å². The van der Waals surface area contributed by atoms with E-state index in [1.165, 1.54) is 0 Å². The number of anilines is 1. The molecule has 0 fully saturated rings. The Morgan fingerprint density at radius 2 is 1.44 bits per heavy atom. The summed E-state index contributed by atoms with van der Waals surface area (Å²) >= 11 is 0. The Hall–Kier alpha value is -4.84. The number of pyridine rings is 1. The molecule has 1 aromatic heterocycles. The lowest BCUT2D eigenvalue weighted by Gasteiger charge is -2.24. The van der Waals surface area contributed by atoms with Gasteiger partial charge >= 0.3 is 6.03 Å². The van der Waals surface area contributed by atoms with Crippen molar-refractivity contribution in [1.82, 2.24) is 9.88 Å². The summed E-state index contributed by atoms with van der Waals surface area (Å²) in [6.45, 7) is 0.361. The molecular formula is C30H23N3O3. The fraction of sp³-hybridized carbons (Fsp3) is 0.0667. The van der Waals surface area contributed by atoms with Gasteiger partial charge in [-0.3, -0.25) is 9.36 Å². The van der Waals surface area contributed by atoms with Crippen LogP contribution in [0.15, 0.2) is 102 Å². The van der Waals surface area contributed by atoms with Crippen LogP contribution in [-0.4, -0.2) is 17.7 Å². The Labute approximate surface area is 207 Å². The molecule has 0 saturated carbocycles. The number of ether oxygens (including phenoxy) is 1. The van der Waals surface area contributed by atoms with E-state index in [4.69, 9.17) is 4.74 Å². The lowest BCUT2D eigenvalue weighted by atomic mass is 9.91. The van der Waals surface area contributed by atoms with E-state index < -0.39 is 0 Å². The molecule has 1 aliphatic rings. The minimum absolute atomic E-state index is 0.131. The van der Waals surface area contributed by atoms with E-state index in [9.17, 15) is 9.59 Å². The van der Waals surface area contributed by atoms with Gasteiger partial charge < -0.3 is 15.4 Å². The number of urea groups is 1. The van der Waals surface area contributed by atoms with E-state index in [0.717, 1.165) is 39.0 Å². The highest BCUT2D eigenvalue weighted by molar-refractivity contribution is 6.06. The van der Waals surface area contributed by atoms with Crippen LogP contribution in [-0.2, 0) is 6.54 Å². The average molecular weight is 474 g/mol. The van der Waals surface area contributed by atoms with Gasteiger partial charge in [0, 0.05) is 28.9 Å². The second-order valence-corrected chi connectivity index (χ2v) is 8.66. The third-order valence-electron chi connectivity index (χ3n) is 6.53. The number of fused-ring (bicyclic) bond motifs is 2. The molecule has 5 aromatic rings. The second kappa shape index (κ2) is 8.74. The summed E-state index contributed by atoms with van der Waals surface area (Å²) in [6.07, 6.45) is 0. The number of hydrogen-bond donors (Lipinski definition) is 2. The van der Waals surface area contributed by atoms with Gasteiger partial charge in [-0.2, -0.15) is 0 Å². The van der Waals surface area contributed by atoms with E-state index in [2.05, 4.69) is 10.6 Å². The summed E-state index contributed by atoms with van der Waals surface area (Å²) in [5.74, 6) is 0.716. The van der Waals surface area contributed by atoms with Gasteiger partial charge in [0.05, 0.1) is 12.8 Å². The average Bonchev–Trinajstić information content (AvgIpc) is 2.93. The van der Waals surface area contributed by atoms with Crippen LogP contribution in [0, 0.1) is 0 Å². The van der Waals surface area contributed by atoms with Crippen molar-refractivity contribution in [3.63, 3.8) is 0 Å². The topological polar surface area (TPSA) is 72.4 Å². The van der Waals surface area contributed by atoms with Crippen molar-refractivity contribution in [2.24, 2.45) is 0 Å². The molecule has 6 rings (SSSR count). The van der Waals surface area contributed by atoms with Crippen LogP contribution in [0.1, 0.15) is 5.56 Å². The van der Waals surface area contributed by atoms with Gasteiger partial charge in [0.2, 0.25) is 0 Å². The van der Waals surface area contributed by atoms with Gasteiger partial charge in [0.15, 0.2) is 0 Å². The molecule has 4 aromatic carbocycles. The highest BCUT2D eigenvalue weighted by atomic mass is 16.5. The van der Waals surface area contributed by atoms with Gasteiger partial charge in [0.1, 0.15) is 5.75 Å². The Kier molecular flexibility index (Phi) is 5.26. The SMILES string of the molecule is COc1ccc(-n2c(-c3ccccc3)c(-c3ccccc3)c3cc4c(cc3c2=O)CNC(=O)N4)cc1. The number of carbonyl (C=O) groups is 1. The molecule has 176 valence electrons. The minimum atomic E-state index is -0.252. The first-order chi connectivity index (χ1) is 17.6. The number of amides is 2. The van der Waals surface area contributed by atoms with E-state index >= 15 is 0 Å². The van der Waals surface area contributed by atoms with Gasteiger partial charge in [-0.25, -0.2) is 4.79 Å². The fourth-order valence-electron chi connectivity index (χ4n) is 4.84. The van der Waals surface area contributed by atoms with Crippen LogP contribution in [0.3, 0.4) is 0 Å². The normalized spacial score (nSPS) is 12.5. The lowest BCUT2D eigenvalue weighted by molar-refractivity contribution is 0.251.